The lowest BCUT2D eigenvalue weighted by Gasteiger charge is -2.12. The third-order valence-corrected chi connectivity index (χ3v) is 4.84. The zero-order valence-corrected chi connectivity index (χ0v) is 17.7. The molecule has 0 bridgehead atoms. The summed E-state index contributed by atoms with van der Waals surface area (Å²) in [5, 5.41) is 5.56. The van der Waals surface area contributed by atoms with Crippen LogP contribution in [0.3, 0.4) is 0 Å². The Bertz CT molecular complexity index is 997. The molecule has 0 aliphatic rings. The van der Waals surface area contributed by atoms with Crippen molar-refractivity contribution >= 4 is 44.9 Å². The normalized spacial score (nSPS) is 10.3. The van der Waals surface area contributed by atoms with Gasteiger partial charge in [0, 0.05) is 17.7 Å². The fraction of sp³-hybridized carbons (Fsp3) is 0.0909. The number of thiocarbonyl (C=S) groups is 1. The lowest BCUT2D eigenvalue weighted by molar-refractivity contribution is 0.0977. The zero-order valence-electron chi connectivity index (χ0n) is 15.3. The molecule has 7 heteroatoms. The number of benzene rings is 3. The van der Waals surface area contributed by atoms with Gasteiger partial charge in [0.1, 0.15) is 11.6 Å². The van der Waals surface area contributed by atoms with E-state index in [0.29, 0.717) is 28.1 Å². The SMILES string of the molecule is O=C(NC(=S)Nc1ccc(F)cc1)c1ccc(OCCc2ccccc2)c(Br)c1. The molecule has 3 aromatic rings. The van der Waals surface area contributed by atoms with Gasteiger partial charge in [-0.05, 0) is 76.2 Å². The molecular formula is C22H18BrFN2O2S. The van der Waals surface area contributed by atoms with Crippen LogP contribution in [0.15, 0.2) is 77.3 Å². The van der Waals surface area contributed by atoms with Gasteiger partial charge in [0.25, 0.3) is 5.91 Å². The van der Waals surface area contributed by atoms with E-state index in [0.717, 1.165) is 6.42 Å². The number of halogens is 2. The van der Waals surface area contributed by atoms with Crippen LogP contribution in [0, 0.1) is 5.82 Å². The molecule has 3 aromatic carbocycles. The van der Waals surface area contributed by atoms with Crippen LogP contribution < -0.4 is 15.4 Å². The number of hydrogen-bond donors (Lipinski definition) is 2. The second-order valence-corrected chi connectivity index (χ2v) is 7.41. The molecule has 0 aliphatic heterocycles. The molecule has 0 fully saturated rings. The Labute approximate surface area is 182 Å². The largest absolute Gasteiger partial charge is 0.492 e. The van der Waals surface area contributed by atoms with Crippen LogP contribution in [0.4, 0.5) is 10.1 Å². The Hall–Kier alpha value is -2.77. The minimum atomic E-state index is -0.360. The molecule has 148 valence electrons. The Kier molecular flexibility index (Phi) is 7.32. The van der Waals surface area contributed by atoms with Crippen molar-refractivity contribution in [2.24, 2.45) is 0 Å². The molecule has 0 saturated heterocycles. The molecule has 29 heavy (non-hydrogen) atoms. The highest BCUT2D eigenvalue weighted by atomic mass is 79.9. The zero-order chi connectivity index (χ0) is 20.6. The molecule has 0 unspecified atom stereocenters. The predicted molar refractivity (Wildman–Crippen MR) is 120 cm³/mol. The number of ether oxygens (including phenoxy) is 1. The van der Waals surface area contributed by atoms with E-state index < -0.39 is 0 Å². The Morgan fingerprint density at radius 1 is 1.03 bits per heavy atom. The van der Waals surface area contributed by atoms with Crippen LogP contribution >= 0.6 is 28.1 Å². The highest BCUT2D eigenvalue weighted by Crippen LogP contribution is 2.26. The van der Waals surface area contributed by atoms with E-state index in [9.17, 15) is 9.18 Å². The van der Waals surface area contributed by atoms with Crippen molar-refractivity contribution in [1.29, 1.82) is 0 Å². The van der Waals surface area contributed by atoms with Crippen molar-refractivity contribution in [3.63, 3.8) is 0 Å². The van der Waals surface area contributed by atoms with Gasteiger partial charge < -0.3 is 10.1 Å². The summed E-state index contributed by atoms with van der Waals surface area (Å²) < 4.78 is 19.4. The van der Waals surface area contributed by atoms with Crippen molar-refractivity contribution in [3.8, 4) is 5.75 Å². The number of rotatable bonds is 6. The Balaban J connectivity index is 1.53. The van der Waals surface area contributed by atoms with Gasteiger partial charge in [-0.3, -0.25) is 10.1 Å². The second kappa shape index (κ2) is 10.1. The molecule has 0 aliphatic carbocycles. The average molecular weight is 473 g/mol. The van der Waals surface area contributed by atoms with Gasteiger partial charge in [-0.2, -0.15) is 0 Å². The summed E-state index contributed by atoms with van der Waals surface area (Å²) in [5.41, 5.74) is 2.21. The molecule has 0 heterocycles. The Morgan fingerprint density at radius 3 is 2.45 bits per heavy atom. The van der Waals surface area contributed by atoms with Crippen LogP contribution in [0.1, 0.15) is 15.9 Å². The van der Waals surface area contributed by atoms with Crippen molar-refractivity contribution in [3.05, 3.63) is 94.2 Å². The smallest absolute Gasteiger partial charge is 0.257 e. The van der Waals surface area contributed by atoms with E-state index in [4.69, 9.17) is 17.0 Å². The highest BCUT2D eigenvalue weighted by Gasteiger charge is 2.11. The maximum absolute atomic E-state index is 12.9. The molecule has 0 saturated carbocycles. The first-order valence-corrected chi connectivity index (χ1v) is 10.1. The monoisotopic (exact) mass is 472 g/mol. The molecule has 4 nitrogen and oxygen atoms in total. The van der Waals surface area contributed by atoms with Gasteiger partial charge in [0.05, 0.1) is 11.1 Å². The fourth-order valence-electron chi connectivity index (χ4n) is 2.55. The standard InChI is InChI=1S/C22H18BrFN2O2S/c23-19-14-16(6-11-20(19)28-13-12-15-4-2-1-3-5-15)21(27)26-22(29)25-18-9-7-17(24)8-10-18/h1-11,14H,12-13H2,(H2,25,26,27,29). The van der Waals surface area contributed by atoms with Crippen LogP contribution in [-0.2, 0) is 6.42 Å². The van der Waals surface area contributed by atoms with Crippen LogP contribution in [0.25, 0.3) is 0 Å². The predicted octanol–water partition coefficient (Wildman–Crippen LogP) is 5.34. The van der Waals surface area contributed by atoms with Crippen LogP contribution in [0.5, 0.6) is 5.75 Å². The van der Waals surface area contributed by atoms with Crippen molar-refractivity contribution in [1.82, 2.24) is 5.32 Å². The van der Waals surface area contributed by atoms with Crippen molar-refractivity contribution in [2.75, 3.05) is 11.9 Å². The summed E-state index contributed by atoms with van der Waals surface area (Å²) in [6.45, 7) is 0.528. The molecular weight excluding hydrogens is 455 g/mol. The van der Waals surface area contributed by atoms with Gasteiger partial charge in [-0.15, -0.1) is 0 Å². The number of carbonyl (C=O) groups is 1. The molecule has 0 atom stereocenters. The number of anilines is 1. The number of amides is 1. The highest BCUT2D eigenvalue weighted by molar-refractivity contribution is 9.10. The molecule has 3 rings (SSSR count). The first kappa shape index (κ1) is 21.0. The third kappa shape index (κ3) is 6.37. The van der Waals surface area contributed by atoms with E-state index in [1.165, 1.54) is 29.8 Å². The maximum atomic E-state index is 12.9. The third-order valence-electron chi connectivity index (χ3n) is 4.01. The van der Waals surface area contributed by atoms with Crippen molar-refractivity contribution in [2.45, 2.75) is 6.42 Å². The summed E-state index contributed by atoms with van der Waals surface area (Å²) >= 11 is 8.57. The molecule has 0 aromatic heterocycles. The van der Waals surface area contributed by atoms with Crippen molar-refractivity contribution < 1.29 is 13.9 Å². The molecule has 0 spiro atoms. The topological polar surface area (TPSA) is 50.4 Å². The van der Waals surface area contributed by atoms with Crippen LogP contribution in [0.2, 0.25) is 0 Å². The quantitative estimate of drug-likeness (QED) is 0.475. The summed E-state index contributed by atoms with van der Waals surface area (Å²) in [5.74, 6) is -0.0490. The van der Waals surface area contributed by atoms with Gasteiger partial charge in [0.15, 0.2) is 5.11 Å². The fourth-order valence-corrected chi connectivity index (χ4v) is 3.26. The maximum Gasteiger partial charge on any atom is 0.257 e. The van der Waals surface area contributed by atoms with E-state index >= 15 is 0 Å². The van der Waals surface area contributed by atoms with Gasteiger partial charge in [-0.25, -0.2) is 4.39 Å². The van der Waals surface area contributed by atoms with E-state index in [1.54, 1.807) is 18.2 Å². The first-order chi connectivity index (χ1) is 14.0. The van der Waals surface area contributed by atoms with E-state index in [-0.39, 0.29) is 16.8 Å². The minimum Gasteiger partial charge on any atom is -0.492 e. The van der Waals surface area contributed by atoms with E-state index in [2.05, 4.69) is 38.7 Å². The van der Waals surface area contributed by atoms with Crippen LogP contribution in [-0.4, -0.2) is 17.6 Å². The van der Waals surface area contributed by atoms with Gasteiger partial charge in [0.2, 0.25) is 0 Å². The average Bonchev–Trinajstić information content (AvgIpc) is 2.71. The number of carbonyl (C=O) groups excluding carboxylic acids is 1. The van der Waals surface area contributed by atoms with Gasteiger partial charge >= 0.3 is 0 Å². The molecule has 2 N–H and O–H groups in total. The Morgan fingerprint density at radius 2 is 1.76 bits per heavy atom. The second-order valence-electron chi connectivity index (χ2n) is 6.14. The lowest BCUT2D eigenvalue weighted by Crippen LogP contribution is -2.34. The summed E-state index contributed by atoms with van der Waals surface area (Å²) in [4.78, 5) is 12.4. The minimum absolute atomic E-state index is 0.126. The number of hydrogen-bond acceptors (Lipinski definition) is 3. The summed E-state index contributed by atoms with van der Waals surface area (Å²) in [7, 11) is 0. The summed E-state index contributed by atoms with van der Waals surface area (Å²) in [6.07, 6.45) is 0.791. The van der Waals surface area contributed by atoms with E-state index in [1.807, 2.05) is 18.2 Å². The van der Waals surface area contributed by atoms with Gasteiger partial charge in [-0.1, -0.05) is 30.3 Å². The lowest BCUT2D eigenvalue weighted by atomic mass is 10.2. The summed E-state index contributed by atoms with van der Waals surface area (Å²) in [6, 6.07) is 20.8. The molecule has 0 radical (unpaired) electrons. The first-order valence-electron chi connectivity index (χ1n) is 8.85. The molecule has 1 amide bonds. The number of nitrogens with one attached hydrogen (secondary N) is 2.